The van der Waals surface area contributed by atoms with Crippen molar-refractivity contribution >= 4 is 17.7 Å². The number of carbonyl (C=O) groups is 3. The van der Waals surface area contributed by atoms with Gasteiger partial charge in [-0.2, -0.15) is 0 Å². The third-order valence-corrected chi connectivity index (χ3v) is 2.91. The van der Waals surface area contributed by atoms with Crippen LogP contribution < -0.4 is 0 Å². The zero-order chi connectivity index (χ0) is 10.9. The predicted octanol–water partition coefficient (Wildman–Crippen LogP) is 0.531. The molecule has 1 rings (SSSR count). The second-order valence-electron chi connectivity index (χ2n) is 3.64. The summed E-state index contributed by atoms with van der Waals surface area (Å²) in [6.45, 7) is 1.25. The SMILES string of the molecule is CC(=O)[C@@H]1CCCC1(C(=O)O)C(=O)O. The molecule has 1 atom stereocenters. The predicted molar refractivity (Wildman–Crippen MR) is 45.7 cm³/mol. The van der Waals surface area contributed by atoms with Crippen LogP contribution in [-0.4, -0.2) is 27.9 Å². The molecule has 0 aromatic heterocycles. The van der Waals surface area contributed by atoms with Gasteiger partial charge in [-0.3, -0.25) is 14.4 Å². The van der Waals surface area contributed by atoms with Crippen LogP contribution in [0.3, 0.4) is 0 Å². The summed E-state index contributed by atoms with van der Waals surface area (Å²) in [6, 6.07) is 0. The largest absolute Gasteiger partial charge is 0.480 e. The number of ketones is 1. The third-order valence-electron chi connectivity index (χ3n) is 2.91. The Hall–Kier alpha value is -1.39. The van der Waals surface area contributed by atoms with Gasteiger partial charge in [0.1, 0.15) is 5.78 Å². The number of hydrogen-bond donors (Lipinski definition) is 2. The lowest BCUT2D eigenvalue weighted by atomic mass is 9.76. The zero-order valence-electron chi connectivity index (χ0n) is 7.82. The number of Topliss-reactive ketones (excluding diaryl/α,β-unsaturated/α-hetero) is 1. The van der Waals surface area contributed by atoms with Gasteiger partial charge in [-0.15, -0.1) is 0 Å². The molecule has 0 spiro atoms. The van der Waals surface area contributed by atoms with E-state index >= 15 is 0 Å². The molecule has 0 amide bonds. The van der Waals surface area contributed by atoms with Gasteiger partial charge in [0.05, 0.1) is 0 Å². The minimum Gasteiger partial charge on any atom is -0.480 e. The van der Waals surface area contributed by atoms with Crippen molar-refractivity contribution in [2.24, 2.45) is 11.3 Å². The molecule has 0 radical (unpaired) electrons. The van der Waals surface area contributed by atoms with Gasteiger partial charge in [-0.25, -0.2) is 0 Å². The van der Waals surface area contributed by atoms with E-state index < -0.39 is 23.3 Å². The third kappa shape index (κ3) is 1.29. The molecule has 0 saturated heterocycles. The maximum Gasteiger partial charge on any atom is 0.321 e. The summed E-state index contributed by atoms with van der Waals surface area (Å²) < 4.78 is 0. The second-order valence-corrected chi connectivity index (χ2v) is 3.64. The van der Waals surface area contributed by atoms with Crippen molar-refractivity contribution in [2.45, 2.75) is 26.2 Å². The highest BCUT2D eigenvalue weighted by atomic mass is 16.4. The minimum absolute atomic E-state index is 0.0436. The molecular formula is C9H12O5. The van der Waals surface area contributed by atoms with Crippen LogP contribution in [0.5, 0.6) is 0 Å². The summed E-state index contributed by atoms with van der Waals surface area (Å²) >= 11 is 0. The monoisotopic (exact) mass is 200 g/mol. The maximum absolute atomic E-state index is 11.1. The van der Waals surface area contributed by atoms with E-state index in [0.717, 1.165) is 0 Å². The van der Waals surface area contributed by atoms with E-state index in [4.69, 9.17) is 10.2 Å². The van der Waals surface area contributed by atoms with Gasteiger partial charge in [-0.05, 0) is 19.8 Å². The van der Waals surface area contributed by atoms with Crippen molar-refractivity contribution in [3.05, 3.63) is 0 Å². The van der Waals surface area contributed by atoms with Crippen molar-refractivity contribution in [3.8, 4) is 0 Å². The smallest absolute Gasteiger partial charge is 0.321 e. The van der Waals surface area contributed by atoms with E-state index in [-0.39, 0.29) is 12.2 Å². The molecule has 0 heterocycles. The van der Waals surface area contributed by atoms with Crippen LogP contribution in [0.2, 0.25) is 0 Å². The van der Waals surface area contributed by atoms with E-state index in [2.05, 4.69) is 0 Å². The van der Waals surface area contributed by atoms with Crippen LogP contribution in [0.25, 0.3) is 0 Å². The van der Waals surface area contributed by atoms with Gasteiger partial charge in [0, 0.05) is 5.92 Å². The molecule has 14 heavy (non-hydrogen) atoms. The van der Waals surface area contributed by atoms with Crippen LogP contribution in [0, 0.1) is 11.3 Å². The van der Waals surface area contributed by atoms with Crippen molar-refractivity contribution in [1.82, 2.24) is 0 Å². The van der Waals surface area contributed by atoms with Crippen molar-refractivity contribution in [3.63, 3.8) is 0 Å². The van der Waals surface area contributed by atoms with Crippen LogP contribution in [0.4, 0.5) is 0 Å². The van der Waals surface area contributed by atoms with Crippen LogP contribution >= 0.6 is 0 Å². The van der Waals surface area contributed by atoms with Crippen LogP contribution in [-0.2, 0) is 14.4 Å². The Morgan fingerprint density at radius 2 is 1.71 bits per heavy atom. The lowest BCUT2D eigenvalue weighted by Gasteiger charge is -2.24. The average Bonchev–Trinajstić information content (AvgIpc) is 2.47. The van der Waals surface area contributed by atoms with Gasteiger partial charge < -0.3 is 10.2 Å². The Balaban J connectivity index is 3.14. The summed E-state index contributed by atoms with van der Waals surface area (Å²) in [5.74, 6) is -4.03. The highest BCUT2D eigenvalue weighted by Crippen LogP contribution is 2.44. The number of carbonyl (C=O) groups excluding carboxylic acids is 1. The molecule has 0 aliphatic heterocycles. The number of aliphatic carboxylic acids is 2. The van der Waals surface area contributed by atoms with Crippen molar-refractivity contribution in [1.29, 1.82) is 0 Å². The molecule has 1 aliphatic carbocycles. The fourth-order valence-corrected chi connectivity index (χ4v) is 2.16. The quantitative estimate of drug-likeness (QED) is 0.648. The summed E-state index contributed by atoms with van der Waals surface area (Å²) in [6.07, 6.45) is 0.874. The molecule has 1 fully saturated rings. The molecule has 0 aromatic carbocycles. The van der Waals surface area contributed by atoms with Gasteiger partial charge >= 0.3 is 11.9 Å². The molecule has 5 nitrogen and oxygen atoms in total. The molecule has 5 heteroatoms. The lowest BCUT2D eigenvalue weighted by Crippen LogP contribution is -2.44. The fraction of sp³-hybridized carbons (Fsp3) is 0.667. The Kier molecular flexibility index (Phi) is 2.59. The van der Waals surface area contributed by atoms with Crippen molar-refractivity contribution < 1.29 is 24.6 Å². The second kappa shape index (κ2) is 3.40. The first kappa shape index (κ1) is 10.7. The van der Waals surface area contributed by atoms with E-state index in [9.17, 15) is 14.4 Å². The molecule has 78 valence electrons. The summed E-state index contributed by atoms with van der Waals surface area (Å²) in [4.78, 5) is 33.0. The molecule has 1 saturated carbocycles. The Morgan fingerprint density at radius 3 is 2.00 bits per heavy atom. The highest BCUT2D eigenvalue weighted by molar-refractivity contribution is 6.03. The normalized spacial score (nSPS) is 24.5. The average molecular weight is 200 g/mol. The Labute approximate surface area is 80.7 Å². The number of hydrogen-bond acceptors (Lipinski definition) is 3. The summed E-state index contributed by atoms with van der Waals surface area (Å²) in [5.41, 5.74) is -1.88. The van der Waals surface area contributed by atoms with Gasteiger partial charge in [0.15, 0.2) is 5.41 Å². The number of rotatable bonds is 3. The van der Waals surface area contributed by atoms with Gasteiger partial charge in [0.25, 0.3) is 0 Å². The Morgan fingerprint density at radius 1 is 1.21 bits per heavy atom. The molecule has 2 N–H and O–H groups in total. The first-order valence-electron chi connectivity index (χ1n) is 4.40. The van der Waals surface area contributed by atoms with Crippen LogP contribution in [0.15, 0.2) is 0 Å². The maximum atomic E-state index is 11.1. The van der Waals surface area contributed by atoms with Gasteiger partial charge in [-0.1, -0.05) is 6.42 Å². The summed E-state index contributed by atoms with van der Waals surface area (Å²) in [7, 11) is 0. The van der Waals surface area contributed by atoms with E-state index in [1.807, 2.05) is 0 Å². The van der Waals surface area contributed by atoms with Crippen molar-refractivity contribution in [2.75, 3.05) is 0 Å². The molecule has 0 bridgehead atoms. The van der Waals surface area contributed by atoms with E-state index in [1.54, 1.807) is 0 Å². The highest BCUT2D eigenvalue weighted by Gasteiger charge is 2.57. The molecular weight excluding hydrogens is 188 g/mol. The molecule has 0 unspecified atom stereocenters. The molecule has 1 aliphatic rings. The standard InChI is InChI=1S/C9H12O5/c1-5(10)6-3-2-4-9(6,7(11)12)8(13)14/h6H,2-4H2,1H3,(H,11,12)(H,13,14)/t6-/m0/s1. The first-order valence-corrected chi connectivity index (χ1v) is 4.40. The van der Waals surface area contributed by atoms with Gasteiger partial charge in [0.2, 0.25) is 0 Å². The Bertz CT molecular complexity index is 280. The molecule has 0 aromatic rings. The minimum atomic E-state index is -1.88. The lowest BCUT2D eigenvalue weighted by molar-refractivity contribution is -0.169. The van der Waals surface area contributed by atoms with E-state index in [1.165, 1.54) is 6.92 Å². The van der Waals surface area contributed by atoms with Crippen LogP contribution in [0.1, 0.15) is 26.2 Å². The summed E-state index contributed by atoms with van der Waals surface area (Å²) in [5, 5.41) is 17.8. The number of carboxylic acids is 2. The first-order chi connectivity index (χ1) is 6.43. The topological polar surface area (TPSA) is 91.7 Å². The number of carboxylic acid groups (broad SMARTS) is 2. The fourth-order valence-electron chi connectivity index (χ4n) is 2.16. The van der Waals surface area contributed by atoms with E-state index in [0.29, 0.717) is 12.8 Å². The zero-order valence-corrected chi connectivity index (χ0v) is 7.82.